The number of aromatic nitrogens is 3. The molecule has 1 atom stereocenters. The summed E-state index contributed by atoms with van der Waals surface area (Å²) in [5, 5.41) is 13.1. The molecule has 26 heavy (non-hydrogen) atoms. The van der Waals surface area contributed by atoms with Crippen molar-refractivity contribution in [1.82, 2.24) is 14.8 Å². The second-order valence-electron chi connectivity index (χ2n) is 6.08. The largest absolute Gasteiger partial charge is 0.417 e. The molecule has 136 valence electrons. The highest BCUT2D eigenvalue weighted by Crippen LogP contribution is 2.36. The lowest BCUT2D eigenvalue weighted by atomic mass is 9.97. The molecule has 1 heterocycles. The number of anilines is 1. The van der Waals surface area contributed by atoms with Crippen molar-refractivity contribution in [2.45, 2.75) is 38.4 Å². The number of nitriles is 1. The minimum absolute atomic E-state index is 0.0398. The van der Waals surface area contributed by atoms with Crippen molar-refractivity contribution in [3.63, 3.8) is 0 Å². The van der Waals surface area contributed by atoms with Crippen LogP contribution in [0.5, 0.6) is 0 Å². The van der Waals surface area contributed by atoms with Crippen LogP contribution in [0.3, 0.4) is 0 Å². The highest BCUT2D eigenvalue weighted by atomic mass is 19.4. The Labute approximate surface area is 149 Å². The zero-order valence-electron chi connectivity index (χ0n) is 14.2. The van der Waals surface area contributed by atoms with Gasteiger partial charge in [-0.25, -0.2) is 9.67 Å². The molecule has 0 aliphatic heterocycles. The lowest BCUT2D eigenvalue weighted by Crippen LogP contribution is -2.36. The minimum atomic E-state index is -4.56. The molecule has 0 saturated carbocycles. The van der Waals surface area contributed by atoms with Gasteiger partial charge in [-0.15, -0.1) is 0 Å². The number of rotatable bonds is 4. The van der Waals surface area contributed by atoms with Crippen molar-refractivity contribution >= 4 is 11.4 Å². The maximum Gasteiger partial charge on any atom is 0.417 e. The van der Waals surface area contributed by atoms with E-state index in [1.54, 1.807) is 23.1 Å². The van der Waals surface area contributed by atoms with E-state index >= 15 is 0 Å². The lowest BCUT2D eigenvalue weighted by Gasteiger charge is -2.34. The first-order valence-corrected chi connectivity index (χ1v) is 8.37. The van der Waals surface area contributed by atoms with Crippen molar-refractivity contribution in [2.24, 2.45) is 0 Å². The number of halogens is 3. The third-order valence-electron chi connectivity index (χ3n) is 4.53. The molecule has 5 nitrogen and oxygen atoms in total. The average molecular weight is 361 g/mol. The van der Waals surface area contributed by atoms with Crippen molar-refractivity contribution in [2.75, 3.05) is 11.4 Å². The van der Waals surface area contributed by atoms with E-state index in [1.807, 2.05) is 17.9 Å². The first-order valence-electron chi connectivity index (χ1n) is 8.37. The third kappa shape index (κ3) is 3.57. The number of alkyl halides is 3. The Morgan fingerprint density at radius 3 is 2.81 bits per heavy atom. The molecule has 1 aromatic carbocycles. The minimum Gasteiger partial charge on any atom is -0.365 e. The standard InChI is InChI=1S/C18H18F3N5/c1-2-25(14-4-3-5-16(8-14)26-12-23-11-24-26)15-7-6-13(10-22)17(9-15)18(19,20)21/h6-9,11-12,14H,2-5H2,1H3. The van der Waals surface area contributed by atoms with Gasteiger partial charge in [-0.3, -0.25) is 0 Å². The van der Waals surface area contributed by atoms with Gasteiger partial charge in [-0.05, 0) is 50.5 Å². The summed E-state index contributed by atoms with van der Waals surface area (Å²) in [7, 11) is 0. The predicted molar refractivity (Wildman–Crippen MR) is 91.1 cm³/mol. The summed E-state index contributed by atoms with van der Waals surface area (Å²) in [5.74, 6) is 0. The Balaban J connectivity index is 1.96. The molecule has 8 heteroatoms. The summed E-state index contributed by atoms with van der Waals surface area (Å²) < 4.78 is 41.5. The molecular formula is C18H18F3N5. The summed E-state index contributed by atoms with van der Waals surface area (Å²) in [5.41, 5.74) is 0.189. The summed E-state index contributed by atoms with van der Waals surface area (Å²) in [6, 6.07) is 5.47. The normalized spacial score (nSPS) is 17.5. The fourth-order valence-corrected chi connectivity index (χ4v) is 3.33. The molecule has 0 bridgehead atoms. The van der Waals surface area contributed by atoms with Gasteiger partial charge in [0, 0.05) is 24.0 Å². The van der Waals surface area contributed by atoms with Crippen LogP contribution >= 0.6 is 0 Å². The Morgan fingerprint density at radius 1 is 1.38 bits per heavy atom. The fraction of sp³-hybridized carbons (Fsp3) is 0.389. The zero-order chi connectivity index (χ0) is 18.7. The van der Waals surface area contributed by atoms with Crippen LogP contribution in [0.2, 0.25) is 0 Å². The van der Waals surface area contributed by atoms with E-state index in [0.717, 1.165) is 31.0 Å². The van der Waals surface area contributed by atoms with E-state index in [4.69, 9.17) is 5.26 Å². The quantitative estimate of drug-likeness (QED) is 0.823. The number of hydrogen-bond acceptors (Lipinski definition) is 4. The summed E-state index contributed by atoms with van der Waals surface area (Å²) in [6.45, 7) is 2.46. The van der Waals surface area contributed by atoms with Crippen LogP contribution in [-0.4, -0.2) is 27.4 Å². The highest BCUT2D eigenvalue weighted by Gasteiger charge is 2.34. The molecule has 0 fully saturated rings. The smallest absolute Gasteiger partial charge is 0.365 e. The monoisotopic (exact) mass is 361 g/mol. The first kappa shape index (κ1) is 18.0. The molecule has 2 aromatic rings. The molecule has 0 amide bonds. The van der Waals surface area contributed by atoms with Gasteiger partial charge < -0.3 is 4.90 Å². The number of nitrogens with zero attached hydrogens (tertiary/aromatic N) is 5. The van der Waals surface area contributed by atoms with Crippen LogP contribution in [0.4, 0.5) is 18.9 Å². The van der Waals surface area contributed by atoms with Crippen molar-refractivity contribution in [1.29, 1.82) is 5.26 Å². The van der Waals surface area contributed by atoms with E-state index in [0.29, 0.717) is 12.2 Å². The van der Waals surface area contributed by atoms with Crippen molar-refractivity contribution in [3.8, 4) is 6.07 Å². The predicted octanol–water partition coefficient (Wildman–Crippen LogP) is 4.09. The van der Waals surface area contributed by atoms with Crippen LogP contribution in [-0.2, 0) is 6.18 Å². The molecule has 0 saturated heterocycles. The summed E-state index contributed by atoms with van der Waals surface area (Å²) in [6.07, 6.45) is 3.15. The van der Waals surface area contributed by atoms with E-state index in [2.05, 4.69) is 10.1 Å². The Morgan fingerprint density at radius 2 is 2.19 bits per heavy atom. The van der Waals surface area contributed by atoms with E-state index in [1.165, 1.54) is 12.4 Å². The molecule has 1 aromatic heterocycles. The molecule has 1 aliphatic rings. The second-order valence-corrected chi connectivity index (χ2v) is 6.08. The summed E-state index contributed by atoms with van der Waals surface area (Å²) in [4.78, 5) is 5.87. The molecule has 0 radical (unpaired) electrons. The Hall–Kier alpha value is -2.82. The molecule has 0 N–H and O–H groups in total. The summed E-state index contributed by atoms with van der Waals surface area (Å²) >= 11 is 0. The SMILES string of the molecule is CCN(c1ccc(C#N)c(C(F)(F)F)c1)C1C=C(n2cncn2)CCC1. The number of benzene rings is 1. The van der Waals surface area contributed by atoms with Gasteiger partial charge in [0.1, 0.15) is 12.7 Å². The fourth-order valence-electron chi connectivity index (χ4n) is 3.33. The van der Waals surface area contributed by atoms with Crippen LogP contribution in [0.25, 0.3) is 5.70 Å². The van der Waals surface area contributed by atoms with Gasteiger partial charge in [-0.1, -0.05) is 0 Å². The number of hydrogen-bond donors (Lipinski definition) is 0. The number of allylic oxidation sites excluding steroid dienone is 1. The van der Waals surface area contributed by atoms with Crippen molar-refractivity contribution < 1.29 is 13.2 Å². The van der Waals surface area contributed by atoms with Gasteiger partial charge in [-0.2, -0.15) is 23.5 Å². The molecule has 0 spiro atoms. The highest BCUT2D eigenvalue weighted by molar-refractivity contribution is 5.58. The van der Waals surface area contributed by atoms with E-state index in [9.17, 15) is 13.2 Å². The van der Waals surface area contributed by atoms with Gasteiger partial charge in [0.15, 0.2) is 0 Å². The number of likely N-dealkylation sites (N-methyl/N-ethyl adjacent to an activating group) is 1. The maximum absolute atomic E-state index is 13.3. The Bertz CT molecular complexity index is 833. The first-order chi connectivity index (χ1) is 12.4. The Kier molecular flexibility index (Phi) is 4.98. The molecule has 3 rings (SSSR count). The van der Waals surface area contributed by atoms with Crippen LogP contribution in [0.15, 0.2) is 36.9 Å². The zero-order valence-corrected chi connectivity index (χ0v) is 14.2. The maximum atomic E-state index is 13.3. The average Bonchev–Trinajstić information content (AvgIpc) is 3.16. The van der Waals surface area contributed by atoms with Crippen LogP contribution in [0.1, 0.15) is 37.3 Å². The second kappa shape index (κ2) is 7.20. The van der Waals surface area contributed by atoms with Gasteiger partial charge >= 0.3 is 6.18 Å². The van der Waals surface area contributed by atoms with Crippen LogP contribution < -0.4 is 4.90 Å². The van der Waals surface area contributed by atoms with Gasteiger partial charge in [0.2, 0.25) is 0 Å². The molecule has 1 aliphatic carbocycles. The third-order valence-corrected chi connectivity index (χ3v) is 4.53. The van der Waals surface area contributed by atoms with E-state index in [-0.39, 0.29) is 11.6 Å². The topological polar surface area (TPSA) is 57.7 Å². The van der Waals surface area contributed by atoms with Crippen molar-refractivity contribution in [3.05, 3.63) is 48.1 Å². The lowest BCUT2D eigenvalue weighted by molar-refractivity contribution is -0.137. The van der Waals surface area contributed by atoms with Gasteiger partial charge in [0.05, 0.1) is 17.2 Å². The molecular weight excluding hydrogens is 343 g/mol. The molecule has 1 unspecified atom stereocenters. The van der Waals surface area contributed by atoms with Gasteiger partial charge in [0.25, 0.3) is 0 Å². The van der Waals surface area contributed by atoms with Crippen LogP contribution in [0, 0.1) is 11.3 Å². The van der Waals surface area contributed by atoms with E-state index < -0.39 is 11.7 Å².